The lowest BCUT2D eigenvalue weighted by molar-refractivity contribution is -0.633. The quantitative estimate of drug-likeness (QED) is 0.123. The molecule has 0 N–H and O–H groups in total. The lowest BCUT2D eigenvalue weighted by Gasteiger charge is -2.21. The summed E-state index contributed by atoms with van der Waals surface area (Å²) in [4.78, 5) is 0. The zero-order valence-electron chi connectivity index (χ0n) is 59.0. The molecular formula is C84H89FN3O3Si3+3. The molecule has 15 aromatic rings. The third-order valence-electron chi connectivity index (χ3n) is 20.3. The first-order valence-corrected chi connectivity index (χ1v) is 43.7. The minimum Gasteiger partial charge on any atom is -0.455 e. The number of pyridine rings is 3. The Kier molecular flexibility index (Phi) is 15.8. The van der Waals surface area contributed by atoms with Gasteiger partial charge in [0.15, 0.2) is 0 Å². The SMILES string of the molecule is Cc1cc2c(oc3c(C)c(F)ccc32)c(-c2cc([Si](C)(C)C)c3c(C)cccc3[n+]2C)c1C.Cc1cc2c(oc3ccccc32)c(-c2cc([Si](C)(C)C)c3cccc(C)c3[n+]2C)c1C.Cc1ccc2c(oc3ccccc32)c1-c1cc([Si](C)(C)C)c2cccc(C)c2[n+]1C. The normalized spacial score (nSPS) is 12.4. The number of benzene rings is 9. The molecule has 0 saturated carbocycles. The Morgan fingerprint density at radius 2 is 0.713 bits per heavy atom. The molecule has 6 heterocycles. The summed E-state index contributed by atoms with van der Waals surface area (Å²) < 4.78 is 40.8. The zero-order chi connectivity index (χ0) is 67.1. The minimum atomic E-state index is -1.66. The molecule has 0 aliphatic rings. The Balaban J connectivity index is 0.000000128. The largest absolute Gasteiger partial charge is 0.455 e. The van der Waals surface area contributed by atoms with Gasteiger partial charge in [-0.2, -0.15) is 13.7 Å². The first-order valence-electron chi connectivity index (χ1n) is 33.2. The fraction of sp³-hybridized carbons (Fsp3) is 0.250. The molecule has 0 amide bonds. The van der Waals surface area contributed by atoms with Gasteiger partial charge < -0.3 is 13.3 Å². The van der Waals surface area contributed by atoms with Gasteiger partial charge in [-0.25, -0.2) is 4.39 Å². The summed E-state index contributed by atoms with van der Waals surface area (Å²) in [5.41, 5.74) is 27.1. The Bertz CT molecular complexity index is 5670. The molecule has 0 aliphatic heterocycles. The van der Waals surface area contributed by atoms with Crippen LogP contribution in [0.3, 0.4) is 0 Å². The summed E-state index contributed by atoms with van der Waals surface area (Å²) in [5.74, 6) is -0.232. The van der Waals surface area contributed by atoms with Crippen LogP contribution in [0.15, 0.2) is 171 Å². The van der Waals surface area contributed by atoms with E-state index in [0.717, 1.165) is 49.9 Å². The fourth-order valence-corrected chi connectivity index (χ4v) is 19.8. The van der Waals surface area contributed by atoms with Gasteiger partial charge in [0.1, 0.15) is 60.5 Å². The summed E-state index contributed by atoms with van der Waals surface area (Å²) in [6.07, 6.45) is 0. The predicted molar refractivity (Wildman–Crippen MR) is 405 cm³/mol. The second-order valence-corrected chi connectivity index (χ2v) is 44.9. The van der Waals surface area contributed by atoms with Gasteiger partial charge in [0.25, 0.3) is 0 Å². The Hall–Kier alpha value is -8.81. The maximum atomic E-state index is 14.4. The number of fused-ring (bicyclic) bond motifs is 12. The van der Waals surface area contributed by atoms with E-state index in [2.05, 4.69) is 283 Å². The van der Waals surface area contributed by atoms with E-state index >= 15 is 0 Å². The maximum Gasteiger partial charge on any atom is 0.216 e. The standard InChI is InChI=1S/C29H31FNOSi.C28H30NOSi.C27H28NOSi/c1-16-10-9-11-23-26(16)25(33(6,7)8)15-24(31(23)5)27-18(3)17(2)14-21-20-12-13-22(30)19(4)28(20)32-29(21)27;1-17-11-10-13-21-25(31(5,6)7)16-23(29(4)27(17)21)26-19(3)18(2)15-22-20-12-8-9-14-24(20)30-28(22)26;1-17-14-15-20-19-11-7-8-13-23(19)29-27(20)25(17)22-16-24(30(4,5)6)21-12-9-10-18(2)26(21)28(22)3/h9-15H,1-8H3;8-16H,1-7H3;7-16H,1-6H3/q3*+1. The van der Waals surface area contributed by atoms with E-state index in [9.17, 15) is 4.39 Å². The highest BCUT2D eigenvalue weighted by molar-refractivity contribution is 6.91. The van der Waals surface area contributed by atoms with Crippen LogP contribution < -0.4 is 29.3 Å². The number of aromatic nitrogens is 3. The molecular weight excluding hydrogens is 1200 g/mol. The lowest BCUT2D eigenvalue weighted by Crippen LogP contribution is -2.44. The second-order valence-electron chi connectivity index (χ2n) is 29.8. The topological polar surface area (TPSA) is 51.1 Å². The summed E-state index contributed by atoms with van der Waals surface area (Å²) >= 11 is 0. The summed E-state index contributed by atoms with van der Waals surface area (Å²) in [7, 11) is 1.74. The molecule has 0 aliphatic carbocycles. The van der Waals surface area contributed by atoms with Crippen molar-refractivity contribution >= 4 is 138 Å². The first-order chi connectivity index (χ1) is 44.5. The highest BCUT2D eigenvalue weighted by atomic mass is 28.3. The maximum absolute atomic E-state index is 14.4. The number of rotatable bonds is 6. The van der Waals surface area contributed by atoms with Crippen molar-refractivity contribution in [3.8, 4) is 33.8 Å². The number of hydrogen-bond donors (Lipinski definition) is 0. The number of aryl methyl sites for hydroxylation is 10. The Morgan fingerprint density at radius 3 is 1.24 bits per heavy atom. The third kappa shape index (κ3) is 10.5. The molecule has 0 bridgehead atoms. The van der Waals surface area contributed by atoms with Crippen molar-refractivity contribution in [1.82, 2.24) is 0 Å². The van der Waals surface area contributed by atoms with Crippen LogP contribution in [0.5, 0.6) is 0 Å². The van der Waals surface area contributed by atoms with Crippen LogP contribution in [0.2, 0.25) is 58.9 Å². The van der Waals surface area contributed by atoms with Gasteiger partial charge in [-0.3, -0.25) is 0 Å². The van der Waals surface area contributed by atoms with Crippen molar-refractivity contribution in [2.24, 2.45) is 21.1 Å². The van der Waals surface area contributed by atoms with Crippen LogP contribution in [0.1, 0.15) is 50.1 Å². The number of hydrogen-bond acceptors (Lipinski definition) is 3. The molecule has 474 valence electrons. The van der Waals surface area contributed by atoms with Crippen molar-refractivity contribution in [3.63, 3.8) is 0 Å². The van der Waals surface area contributed by atoms with Gasteiger partial charge >= 0.3 is 0 Å². The molecule has 6 nitrogen and oxygen atoms in total. The summed E-state index contributed by atoms with van der Waals surface area (Å²) in [6.45, 7) is 41.2. The van der Waals surface area contributed by atoms with Crippen LogP contribution in [0, 0.1) is 68.1 Å². The zero-order valence-corrected chi connectivity index (χ0v) is 62.0. The lowest BCUT2D eigenvalue weighted by atomic mass is 9.95. The fourth-order valence-electron chi connectivity index (χ4n) is 15.0. The van der Waals surface area contributed by atoms with Crippen LogP contribution in [0.25, 0.3) is 132 Å². The van der Waals surface area contributed by atoms with E-state index in [1.807, 2.05) is 18.2 Å². The van der Waals surface area contributed by atoms with Crippen LogP contribution in [-0.2, 0) is 21.1 Å². The molecule has 0 fully saturated rings. The van der Waals surface area contributed by atoms with Gasteiger partial charge in [-0.1, -0.05) is 144 Å². The third-order valence-corrected chi connectivity index (χ3v) is 26.4. The Morgan fingerprint density at radius 1 is 0.309 bits per heavy atom. The van der Waals surface area contributed by atoms with E-state index in [1.54, 1.807) is 13.0 Å². The van der Waals surface area contributed by atoms with E-state index < -0.39 is 24.2 Å². The van der Waals surface area contributed by atoms with Crippen LogP contribution >= 0.6 is 0 Å². The van der Waals surface area contributed by atoms with Gasteiger partial charge in [-0.15, -0.1) is 0 Å². The molecule has 94 heavy (non-hydrogen) atoms. The highest BCUT2D eigenvalue weighted by Gasteiger charge is 2.34. The number of halogens is 1. The first kappa shape index (κ1) is 63.9. The summed E-state index contributed by atoms with van der Waals surface area (Å²) in [5, 5.41) is 15.4. The molecule has 0 radical (unpaired) electrons. The number of furan rings is 3. The van der Waals surface area contributed by atoms with Crippen molar-refractivity contribution in [3.05, 3.63) is 214 Å². The van der Waals surface area contributed by atoms with E-state index in [4.69, 9.17) is 13.3 Å². The van der Waals surface area contributed by atoms with E-state index in [0.29, 0.717) is 11.1 Å². The Labute approximate surface area is 556 Å². The summed E-state index contributed by atoms with van der Waals surface area (Å²) in [6, 6.07) is 56.2. The average Bonchev–Trinajstić information content (AvgIpc) is 1.35. The van der Waals surface area contributed by atoms with Gasteiger partial charge in [0, 0.05) is 89.4 Å². The molecule has 10 heteroatoms. The van der Waals surface area contributed by atoms with Crippen molar-refractivity contribution in [2.45, 2.75) is 121 Å². The molecule has 6 aromatic heterocycles. The molecule has 0 spiro atoms. The van der Waals surface area contributed by atoms with Gasteiger partial charge in [0.05, 0.1) is 40.9 Å². The average molecular weight is 1290 g/mol. The molecule has 0 saturated heterocycles. The monoisotopic (exact) mass is 1290 g/mol. The van der Waals surface area contributed by atoms with Crippen molar-refractivity contribution in [1.29, 1.82) is 0 Å². The van der Waals surface area contributed by atoms with Crippen molar-refractivity contribution in [2.75, 3.05) is 0 Å². The molecule has 15 rings (SSSR count). The van der Waals surface area contributed by atoms with Crippen molar-refractivity contribution < 1.29 is 31.3 Å². The van der Waals surface area contributed by atoms with E-state index in [-0.39, 0.29) is 5.82 Å². The molecule has 0 atom stereocenters. The second kappa shape index (κ2) is 23.3. The van der Waals surface area contributed by atoms with Gasteiger partial charge in [-0.05, 0) is 160 Å². The van der Waals surface area contributed by atoms with Crippen LogP contribution in [-0.4, -0.2) is 24.2 Å². The van der Waals surface area contributed by atoms with E-state index in [1.165, 1.54) is 137 Å². The molecule has 0 unspecified atom stereocenters. The molecule has 9 aromatic carbocycles. The number of nitrogens with zero attached hydrogens (tertiary/aromatic N) is 3. The number of para-hydroxylation sites is 4. The smallest absolute Gasteiger partial charge is 0.216 e. The van der Waals surface area contributed by atoms with Gasteiger partial charge in [0.2, 0.25) is 33.6 Å². The minimum absolute atomic E-state index is 0.232. The van der Waals surface area contributed by atoms with Crippen LogP contribution in [0.4, 0.5) is 4.39 Å². The predicted octanol–water partition coefficient (Wildman–Crippen LogP) is 20.2. The highest BCUT2D eigenvalue weighted by Crippen LogP contribution is 2.43.